The second-order valence-corrected chi connectivity index (χ2v) is 8.00. The fourth-order valence-corrected chi connectivity index (χ4v) is 4.09. The number of hydrogen-bond acceptors (Lipinski definition) is 4. The molecule has 1 N–H and O–H groups in total. The summed E-state index contributed by atoms with van der Waals surface area (Å²) in [5.41, 5.74) is 8.42. The Hall–Kier alpha value is -4.84. The maximum Gasteiger partial charge on any atom is 0.307 e. The normalized spacial score (nSPS) is 11.0. The number of hydrogen-bond donors (Lipinski definition) is 1. The Bertz CT molecular complexity index is 1450. The van der Waals surface area contributed by atoms with Gasteiger partial charge in [0.25, 0.3) is 0 Å². The van der Waals surface area contributed by atoms with E-state index in [4.69, 9.17) is 9.15 Å². The molecule has 0 aliphatic heterocycles. The number of nitrogens with one attached hydrogen (secondary N) is 1. The van der Waals surface area contributed by atoms with Crippen molar-refractivity contribution in [3.8, 4) is 34.0 Å². The highest BCUT2D eigenvalue weighted by atomic mass is 16.5. The molecule has 36 heavy (non-hydrogen) atoms. The standard InChI is InChI=1S/C30H25N3O3/c1-2-35-26-17-15-25(16-18-26)33-27(22-10-5-3-6-11-22)20-24(29(33)23-12-7-4-8-13-23)21-31-32-30(34)28-14-9-19-36-28/h3-21H,2H2,1H3,(H,32,34)/b31-21-. The molecule has 0 bridgehead atoms. The average molecular weight is 476 g/mol. The molecule has 0 unspecified atom stereocenters. The van der Waals surface area contributed by atoms with Crippen LogP contribution in [0.1, 0.15) is 23.0 Å². The molecule has 0 saturated carbocycles. The van der Waals surface area contributed by atoms with Gasteiger partial charge in [0.05, 0.1) is 30.5 Å². The molecule has 0 spiro atoms. The van der Waals surface area contributed by atoms with Crippen molar-refractivity contribution in [2.45, 2.75) is 6.92 Å². The van der Waals surface area contributed by atoms with Gasteiger partial charge in [0.1, 0.15) is 5.75 Å². The number of ether oxygens (including phenoxy) is 1. The maximum atomic E-state index is 12.3. The average Bonchev–Trinajstić information content (AvgIpc) is 3.59. The van der Waals surface area contributed by atoms with Gasteiger partial charge in [-0.05, 0) is 60.5 Å². The van der Waals surface area contributed by atoms with E-state index < -0.39 is 5.91 Å². The second-order valence-electron chi connectivity index (χ2n) is 8.00. The number of carbonyl (C=O) groups is 1. The van der Waals surface area contributed by atoms with Gasteiger partial charge in [-0.15, -0.1) is 0 Å². The Kier molecular flexibility index (Phi) is 6.76. The number of hydrazone groups is 1. The van der Waals surface area contributed by atoms with Crippen LogP contribution < -0.4 is 10.2 Å². The SMILES string of the molecule is CCOc1ccc(-n2c(-c3ccccc3)cc(/C=N\NC(=O)c3ccco3)c2-c2ccccc2)cc1. The summed E-state index contributed by atoms with van der Waals surface area (Å²) >= 11 is 0. The smallest absolute Gasteiger partial charge is 0.307 e. The first kappa shape index (κ1) is 22.9. The summed E-state index contributed by atoms with van der Waals surface area (Å²) in [6.45, 7) is 2.58. The molecular formula is C30H25N3O3. The molecule has 2 heterocycles. The van der Waals surface area contributed by atoms with Crippen molar-refractivity contribution in [3.63, 3.8) is 0 Å². The van der Waals surface area contributed by atoms with Crippen LogP contribution in [0.3, 0.4) is 0 Å². The first-order valence-electron chi connectivity index (χ1n) is 11.7. The number of furan rings is 1. The molecule has 0 aliphatic rings. The Labute approximate surface area is 209 Å². The van der Waals surface area contributed by atoms with E-state index in [1.807, 2.05) is 67.6 Å². The zero-order chi connectivity index (χ0) is 24.7. The van der Waals surface area contributed by atoms with Crippen LogP contribution in [0, 0.1) is 0 Å². The molecule has 0 atom stereocenters. The van der Waals surface area contributed by atoms with E-state index in [0.29, 0.717) is 6.61 Å². The molecule has 5 aromatic rings. The van der Waals surface area contributed by atoms with E-state index in [-0.39, 0.29) is 5.76 Å². The summed E-state index contributed by atoms with van der Waals surface area (Å²) in [5, 5.41) is 4.25. The van der Waals surface area contributed by atoms with Crippen LogP contribution in [-0.2, 0) is 0 Å². The summed E-state index contributed by atoms with van der Waals surface area (Å²) in [5.74, 6) is 0.609. The number of nitrogens with zero attached hydrogens (tertiary/aromatic N) is 2. The lowest BCUT2D eigenvalue weighted by molar-refractivity contribution is 0.0927. The first-order chi connectivity index (χ1) is 17.7. The number of benzene rings is 3. The molecule has 3 aromatic carbocycles. The van der Waals surface area contributed by atoms with Gasteiger partial charge in [-0.3, -0.25) is 4.79 Å². The van der Waals surface area contributed by atoms with Crippen LogP contribution in [0.15, 0.2) is 119 Å². The molecule has 178 valence electrons. The van der Waals surface area contributed by atoms with Crippen LogP contribution in [0.2, 0.25) is 0 Å². The quantitative estimate of drug-likeness (QED) is 0.204. The highest BCUT2D eigenvalue weighted by Gasteiger charge is 2.19. The van der Waals surface area contributed by atoms with Gasteiger partial charge in [-0.2, -0.15) is 5.10 Å². The van der Waals surface area contributed by atoms with Crippen LogP contribution in [0.4, 0.5) is 0 Å². The minimum atomic E-state index is -0.410. The minimum absolute atomic E-state index is 0.201. The van der Waals surface area contributed by atoms with Gasteiger partial charge in [-0.25, -0.2) is 5.43 Å². The van der Waals surface area contributed by atoms with E-state index in [1.165, 1.54) is 6.26 Å². The monoisotopic (exact) mass is 475 g/mol. The van der Waals surface area contributed by atoms with Crippen molar-refractivity contribution in [2.75, 3.05) is 6.61 Å². The first-order valence-corrected chi connectivity index (χ1v) is 11.7. The summed E-state index contributed by atoms with van der Waals surface area (Å²) in [6.07, 6.45) is 3.12. The molecule has 5 rings (SSSR count). The predicted octanol–water partition coefficient (Wildman–Crippen LogP) is 6.57. The van der Waals surface area contributed by atoms with E-state index in [1.54, 1.807) is 18.3 Å². The fraction of sp³-hybridized carbons (Fsp3) is 0.0667. The molecule has 2 aromatic heterocycles. The highest BCUT2D eigenvalue weighted by molar-refractivity contribution is 5.95. The molecule has 0 fully saturated rings. The van der Waals surface area contributed by atoms with Crippen LogP contribution >= 0.6 is 0 Å². The molecule has 0 saturated heterocycles. The number of rotatable bonds is 8. The summed E-state index contributed by atoms with van der Waals surface area (Å²) in [4.78, 5) is 12.3. The lowest BCUT2D eigenvalue weighted by Gasteiger charge is -2.15. The number of amides is 1. The third kappa shape index (κ3) is 4.83. The summed E-state index contributed by atoms with van der Waals surface area (Å²) < 4.78 is 13.0. The lowest BCUT2D eigenvalue weighted by atomic mass is 10.1. The van der Waals surface area contributed by atoms with Crippen molar-refractivity contribution in [3.05, 3.63) is 121 Å². The van der Waals surface area contributed by atoms with Crippen molar-refractivity contribution in [1.82, 2.24) is 9.99 Å². The van der Waals surface area contributed by atoms with Crippen LogP contribution in [0.5, 0.6) is 5.75 Å². The van der Waals surface area contributed by atoms with Crippen LogP contribution in [0.25, 0.3) is 28.2 Å². The second kappa shape index (κ2) is 10.6. The molecule has 6 nitrogen and oxygen atoms in total. The van der Waals surface area contributed by atoms with Crippen molar-refractivity contribution < 1.29 is 13.9 Å². The van der Waals surface area contributed by atoms with E-state index in [0.717, 1.165) is 39.5 Å². The largest absolute Gasteiger partial charge is 0.494 e. The van der Waals surface area contributed by atoms with Gasteiger partial charge < -0.3 is 13.7 Å². The fourth-order valence-electron chi connectivity index (χ4n) is 4.09. The van der Waals surface area contributed by atoms with Gasteiger partial charge in [0.2, 0.25) is 0 Å². The van der Waals surface area contributed by atoms with Gasteiger partial charge in [0.15, 0.2) is 5.76 Å². The van der Waals surface area contributed by atoms with Crippen molar-refractivity contribution >= 4 is 12.1 Å². The van der Waals surface area contributed by atoms with E-state index in [9.17, 15) is 4.79 Å². The Balaban J connectivity index is 1.65. The van der Waals surface area contributed by atoms with E-state index >= 15 is 0 Å². The van der Waals surface area contributed by atoms with E-state index in [2.05, 4.69) is 45.4 Å². The molecule has 6 heteroatoms. The zero-order valence-corrected chi connectivity index (χ0v) is 19.8. The van der Waals surface area contributed by atoms with Crippen molar-refractivity contribution in [2.24, 2.45) is 5.10 Å². The predicted molar refractivity (Wildman–Crippen MR) is 142 cm³/mol. The van der Waals surface area contributed by atoms with Gasteiger partial charge >= 0.3 is 5.91 Å². The Morgan fingerprint density at radius 2 is 1.61 bits per heavy atom. The summed E-state index contributed by atoms with van der Waals surface area (Å²) in [7, 11) is 0. The Morgan fingerprint density at radius 3 is 2.25 bits per heavy atom. The molecule has 0 aliphatic carbocycles. The van der Waals surface area contributed by atoms with Crippen molar-refractivity contribution in [1.29, 1.82) is 0 Å². The molecular weight excluding hydrogens is 450 g/mol. The molecule has 0 radical (unpaired) electrons. The molecule has 1 amide bonds. The number of aromatic nitrogens is 1. The van der Waals surface area contributed by atoms with Gasteiger partial charge in [0, 0.05) is 11.3 Å². The topological polar surface area (TPSA) is 68.8 Å². The third-order valence-electron chi connectivity index (χ3n) is 5.67. The summed E-state index contributed by atoms with van der Waals surface area (Å²) in [6, 6.07) is 33.7. The highest BCUT2D eigenvalue weighted by Crippen LogP contribution is 2.35. The van der Waals surface area contributed by atoms with Crippen LogP contribution in [-0.4, -0.2) is 23.3 Å². The van der Waals surface area contributed by atoms with Gasteiger partial charge in [-0.1, -0.05) is 60.7 Å². The zero-order valence-electron chi connectivity index (χ0n) is 19.8. The Morgan fingerprint density at radius 1 is 0.917 bits per heavy atom. The third-order valence-corrected chi connectivity index (χ3v) is 5.67. The lowest BCUT2D eigenvalue weighted by Crippen LogP contribution is -2.16. The minimum Gasteiger partial charge on any atom is -0.494 e. The number of carbonyl (C=O) groups excluding carboxylic acids is 1. The maximum absolute atomic E-state index is 12.3.